The largest absolute Gasteiger partial charge is 0.433 e. The number of piperidine rings is 1. The number of benzene rings is 2. The lowest BCUT2D eigenvalue weighted by molar-refractivity contribution is -0.144. The molecule has 1 aliphatic heterocycles. The summed E-state index contributed by atoms with van der Waals surface area (Å²) in [6, 6.07) is 15.7. The van der Waals surface area contributed by atoms with Crippen molar-refractivity contribution in [3.05, 3.63) is 82.7 Å². The summed E-state index contributed by atoms with van der Waals surface area (Å²) in [5.74, 6) is -0.108. The van der Waals surface area contributed by atoms with Crippen LogP contribution in [0.15, 0.2) is 54.7 Å². The van der Waals surface area contributed by atoms with Crippen LogP contribution >= 0.6 is 0 Å². The highest BCUT2D eigenvalue weighted by Crippen LogP contribution is 2.34. The summed E-state index contributed by atoms with van der Waals surface area (Å²) in [7, 11) is 1.18. The van der Waals surface area contributed by atoms with Crippen LogP contribution in [0.4, 0.5) is 18.9 Å². The van der Waals surface area contributed by atoms with Crippen molar-refractivity contribution >= 4 is 17.5 Å². The number of hydrogen-bond acceptors (Lipinski definition) is 3. The Balaban J connectivity index is 1.31. The van der Waals surface area contributed by atoms with Crippen molar-refractivity contribution in [1.82, 2.24) is 14.7 Å². The van der Waals surface area contributed by atoms with E-state index >= 15 is 0 Å². The quantitative estimate of drug-likeness (QED) is 0.457. The maximum atomic E-state index is 13.4. The molecule has 0 bridgehead atoms. The highest BCUT2D eigenvalue weighted by molar-refractivity contribution is 5.95. The monoisotopic (exact) mass is 512 g/mol. The molecule has 0 unspecified atom stereocenters. The molecule has 9 heteroatoms. The molecule has 37 heavy (non-hydrogen) atoms. The number of aromatic nitrogens is 2. The molecule has 2 aromatic carbocycles. The van der Waals surface area contributed by atoms with Gasteiger partial charge < -0.3 is 10.2 Å². The van der Waals surface area contributed by atoms with E-state index in [0.29, 0.717) is 48.6 Å². The fourth-order valence-corrected chi connectivity index (χ4v) is 4.77. The van der Waals surface area contributed by atoms with E-state index in [4.69, 9.17) is 0 Å². The molecule has 0 atom stereocenters. The van der Waals surface area contributed by atoms with Crippen LogP contribution in [0, 0.1) is 0 Å². The summed E-state index contributed by atoms with van der Waals surface area (Å²) < 4.78 is 40.8. The van der Waals surface area contributed by atoms with E-state index in [1.54, 1.807) is 0 Å². The van der Waals surface area contributed by atoms with Gasteiger partial charge >= 0.3 is 6.18 Å². The van der Waals surface area contributed by atoms with Gasteiger partial charge in [-0.05, 0) is 53.5 Å². The highest BCUT2D eigenvalue weighted by Gasteiger charge is 2.40. The first kappa shape index (κ1) is 26.4. The molecule has 1 N–H and O–H groups in total. The summed E-state index contributed by atoms with van der Waals surface area (Å²) in [5, 5.41) is 6.57. The van der Waals surface area contributed by atoms with E-state index in [2.05, 4.69) is 24.3 Å². The molecule has 196 valence electrons. The predicted octanol–water partition coefficient (Wildman–Crippen LogP) is 5.76. The average Bonchev–Trinajstić information content (AvgIpc) is 3.26. The first-order valence-corrected chi connectivity index (χ1v) is 12.4. The molecule has 1 fully saturated rings. The van der Waals surface area contributed by atoms with Crippen molar-refractivity contribution in [2.24, 2.45) is 7.05 Å². The van der Waals surface area contributed by atoms with E-state index in [1.165, 1.54) is 17.5 Å². The molecule has 1 saturated heterocycles. The summed E-state index contributed by atoms with van der Waals surface area (Å²) in [6.07, 6.45) is -2.08. The van der Waals surface area contributed by atoms with Crippen LogP contribution in [0.3, 0.4) is 0 Å². The Morgan fingerprint density at radius 1 is 1.03 bits per heavy atom. The second-order valence-corrected chi connectivity index (χ2v) is 9.84. The van der Waals surface area contributed by atoms with Gasteiger partial charge in [-0.25, -0.2) is 0 Å². The van der Waals surface area contributed by atoms with Crippen molar-refractivity contribution in [2.75, 3.05) is 18.4 Å². The third-order valence-electron chi connectivity index (χ3n) is 6.90. The minimum absolute atomic E-state index is 0.0921. The SMILES string of the molecule is CC(C)c1ccc(CC(=O)Nc2ccc(C3CCN(C(=O)c4cnn(C)c4C(F)(F)F)CC3)cc2)cc1. The molecule has 1 aromatic heterocycles. The summed E-state index contributed by atoms with van der Waals surface area (Å²) in [5.41, 5.74) is 2.53. The number of nitrogens with one attached hydrogen (secondary N) is 1. The summed E-state index contributed by atoms with van der Waals surface area (Å²) in [6.45, 7) is 4.99. The Labute approximate surface area is 214 Å². The van der Waals surface area contributed by atoms with Crippen LogP contribution in [-0.4, -0.2) is 39.6 Å². The topological polar surface area (TPSA) is 67.2 Å². The Hall–Kier alpha value is -3.62. The molecule has 0 saturated carbocycles. The number of likely N-dealkylation sites (tertiary alicyclic amines) is 1. The van der Waals surface area contributed by atoms with Gasteiger partial charge in [0.05, 0.1) is 18.2 Å². The number of carbonyl (C=O) groups excluding carboxylic acids is 2. The van der Waals surface area contributed by atoms with E-state index in [9.17, 15) is 22.8 Å². The van der Waals surface area contributed by atoms with E-state index in [0.717, 1.165) is 17.3 Å². The van der Waals surface area contributed by atoms with Crippen LogP contribution in [0.2, 0.25) is 0 Å². The van der Waals surface area contributed by atoms with Gasteiger partial charge in [-0.2, -0.15) is 18.3 Å². The molecule has 6 nitrogen and oxygen atoms in total. The number of carbonyl (C=O) groups is 2. The minimum atomic E-state index is -4.65. The zero-order chi connectivity index (χ0) is 26.7. The molecule has 1 aliphatic rings. The summed E-state index contributed by atoms with van der Waals surface area (Å²) >= 11 is 0. The van der Waals surface area contributed by atoms with Gasteiger partial charge in [-0.1, -0.05) is 50.2 Å². The lowest BCUT2D eigenvalue weighted by Gasteiger charge is -2.32. The lowest BCUT2D eigenvalue weighted by atomic mass is 9.89. The minimum Gasteiger partial charge on any atom is -0.338 e. The predicted molar refractivity (Wildman–Crippen MR) is 135 cm³/mol. The maximum absolute atomic E-state index is 13.4. The third kappa shape index (κ3) is 6.21. The molecular formula is C28H31F3N4O2. The van der Waals surface area contributed by atoms with Crippen LogP contribution in [0.25, 0.3) is 0 Å². The Bertz CT molecular complexity index is 1240. The van der Waals surface area contributed by atoms with Crippen LogP contribution in [-0.2, 0) is 24.4 Å². The normalized spacial score (nSPS) is 14.7. The Morgan fingerprint density at radius 3 is 2.22 bits per heavy atom. The maximum Gasteiger partial charge on any atom is 0.433 e. The number of alkyl halides is 3. The van der Waals surface area contributed by atoms with Gasteiger partial charge in [0.1, 0.15) is 0 Å². The van der Waals surface area contributed by atoms with Crippen LogP contribution in [0.1, 0.15) is 71.3 Å². The molecule has 2 heterocycles. The lowest BCUT2D eigenvalue weighted by Crippen LogP contribution is -2.38. The average molecular weight is 513 g/mol. The van der Waals surface area contributed by atoms with Gasteiger partial charge in [0.2, 0.25) is 5.91 Å². The fraction of sp³-hybridized carbons (Fsp3) is 0.393. The van der Waals surface area contributed by atoms with Crippen molar-refractivity contribution in [3.63, 3.8) is 0 Å². The second kappa shape index (κ2) is 10.8. The number of hydrogen-bond donors (Lipinski definition) is 1. The number of amides is 2. The van der Waals surface area contributed by atoms with Crippen LogP contribution < -0.4 is 5.32 Å². The standard InChI is InChI=1S/C28H31F3N4O2/c1-18(2)20-6-4-19(5-7-20)16-25(36)33-23-10-8-21(9-11-23)22-12-14-35(15-13-22)27(37)24-17-32-34(3)26(24)28(29,30)31/h4-11,17-18,22H,12-16H2,1-3H3,(H,33,36). The van der Waals surface area contributed by atoms with Crippen molar-refractivity contribution in [3.8, 4) is 0 Å². The zero-order valence-corrected chi connectivity index (χ0v) is 21.2. The van der Waals surface area contributed by atoms with Gasteiger partial charge in [0, 0.05) is 25.8 Å². The van der Waals surface area contributed by atoms with Crippen molar-refractivity contribution < 1.29 is 22.8 Å². The molecule has 0 radical (unpaired) electrons. The number of rotatable bonds is 6. The van der Waals surface area contributed by atoms with E-state index in [-0.39, 0.29) is 11.8 Å². The molecule has 2 amide bonds. The molecule has 0 aliphatic carbocycles. The Kier molecular flexibility index (Phi) is 7.71. The van der Waals surface area contributed by atoms with Crippen molar-refractivity contribution in [1.29, 1.82) is 0 Å². The number of anilines is 1. The van der Waals surface area contributed by atoms with Crippen LogP contribution in [0.5, 0.6) is 0 Å². The number of nitrogens with zero attached hydrogens (tertiary/aromatic N) is 3. The molecular weight excluding hydrogens is 481 g/mol. The Morgan fingerprint density at radius 2 is 1.65 bits per heavy atom. The van der Waals surface area contributed by atoms with Gasteiger partial charge in [0.15, 0.2) is 5.69 Å². The summed E-state index contributed by atoms with van der Waals surface area (Å²) in [4.78, 5) is 26.7. The first-order chi connectivity index (χ1) is 17.5. The zero-order valence-electron chi connectivity index (χ0n) is 21.2. The smallest absolute Gasteiger partial charge is 0.338 e. The first-order valence-electron chi connectivity index (χ1n) is 12.4. The van der Waals surface area contributed by atoms with Gasteiger partial charge in [0.25, 0.3) is 5.91 Å². The fourth-order valence-electron chi connectivity index (χ4n) is 4.77. The van der Waals surface area contributed by atoms with Gasteiger partial charge in [-0.3, -0.25) is 14.3 Å². The van der Waals surface area contributed by atoms with Gasteiger partial charge in [-0.15, -0.1) is 0 Å². The molecule has 3 aromatic rings. The van der Waals surface area contributed by atoms with Crippen molar-refractivity contribution in [2.45, 2.75) is 51.1 Å². The number of halogens is 3. The molecule has 4 rings (SSSR count). The van der Waals surface area contributed by atoms with E-state index < -0.39 is 23.3 Å². The second-order valence-electron chi connectivity index (χ2n) is 9.84. The number of aryl methyl sites for hydroxylation is 1. The van der Waals surface area contributed by atoms with E-state index in [1.807, 2.05) is 48.5 Å². The highest BCUT2D eigenvalue weighted by atomic mass is 19.4. The third-order valence-corrected chi connectivity index (χ3v) is 6.90. The molecule has 0 spiro atoms.